The van der Waals surface area contributed by atoms with Crippen LogP contribution in [0.5, 0.6) is 0 Å². The second-order valence-electron chi connectivity index (χ2n) is 6.69. The molecule has 2 aromatic rings. The van der Waals surface area contributed by atoms with E-state index in [2.05, 4.69) is 23.5 Å². The molecule has 0 aliphatic carbocycles. The fourth-order valence-corrected chi connectivity index (χ4v) is 2.92. The van der Waals surface area contributed by atoms with Gasteiger partial charge in [-0.3, -0.25) is 10.2 Å². The van der Waals surface area contributed by atoms with E-state index in [4.69, 9.17) is 5.41 Å². The minimum absolute atomic E-state index is 0.0994. The van der Waals surface area contributed by atoms with Gasteiger partial charge in [-0.2, -0.15) is 13.2 Å². The van der Waals surface area contributed by atoms with Crippen LogP contribution in [0.15, 0.2) is 78.3 Å². The van der Waals surface area contributed by atoms with Crippen LogP contribution >= 0.6 is 0 Å². The van der Waals surface area contributed by atoms with Crippen molar-refractivity contribution in [1.29, 1.82) is 5.41 Å². The lowest BCUT2D eigenvalue weighted by Crippen LogP contribution is -2.16. The lowest BCUT2D eigenvalue weighted by Gasteiger charge is -2.16. The molecule has 0 radical (unpaired) electrons. The van der Waals surface area contributed by atoms with Gasteiger partial charge in [-0.05, 0) is 60.5 Å². The molecule has 0 unspecified atom stereocenters. The van der Waals surface area contributed by atoms with E-state index >= 15 is 0 Å². The normalized spacial score (nSPS) is 14.1. The average Bonchev–Trinajstić information content (AvgIpc) is 2.70. The van der Waals surface area contributed by atoms with Gasteiger partial charge >= 0.3 is 6.18 Å². The minimum atomic E-state index is -4.53. The summed E-state index contributed by atoms with van der Waals surface area (Å²) in [5.74, 6) is -0.657. The third kappa shape index (κ3) is 4.30. The van der Waals surface area contributed by atoms with E-state index in [1.54, 1.807) is 24.3 Å². The zero-order valence-corrected chi connectivity index (χ0v) is 16.1. The van der Waals surface area contributed by atoms with Gasteiger partial charge in [-0.1, -0.05) is 25.3 Å². The van der Waals surface area contributed by atoms with Crippen LogP contribution in [0.1, 0.15) is 27.0 Å². The molecule has 1 heterocycles. The van der Waals surface area contributed by atoms with Crippen LogP contribution in [0.2, 0.25) is 0 Å². The fourth-order valence-electron chi connectivity index (χ4n) is 2.92. The molecule has 0 saturated heterocycles. The highest BCUT2D eigenvalue weighted by Crippen LogP contribution is 2.30. The Labute approximate surface area is 171 Å². The first-order valence-electron chi connectivity index (χ1n) is 8.91. The van der Waals surface area contributed by atoms with Crippen molar-refractivity contribution in [3.63, 3.8) is 0 Å². The maximum absolute atomic E-state index is 12.9. The number of carbonyl (C=O) groups is 1. The Bertz CT molecular complexity index is 1140. The Morgan fingerprint density at radius 1 is 1.20 bits per heavy atom. The number of rotatable bonds is 4. The fraction of sp³-hybridized carbons (Fsp3) is 0.0870. The zero-order valence-electron chi connectivity index (χ0n) is 16.1. The molecule has 1 amide bonds. The molecule has 3 rings (SSSR count). The van der Waals surface area contributed by atoms with E-state index < -0.39 is 17.6 Å². The highest BCUT2D eigenvalue weighted by molar-refractivity contribution is 6.52. The molecule has 1 aliphatic heterocycles. The molecule has 4 nitrogen and oxygen atoms in total. The van der Waals surface area contributed by atoms with E-state index in [0.717, 1.165) is 17.7 Å². The standard InChI is InChI=1S/C23H18F3N3O/c1-4-19-21(27)14(3)10-20(29-19)18-12-17(9-8-13(18)2)28-22(30)15-6-5-7-16(11-15)23(24,25)26/h4-12,27H,1,3H2,2H3,(H,28,30). The number of allylic oxidation sites excluding steroid dienone is 3. The van der Waals surface area contributed by atoms with Crippen molar-refractivity contribution >= 4 is 28.7 Å². The van der Waals surface area contributed by atoms with Crippen LogP contribution in [0.25, 0.3) is 5.70 Å². The van der Waals surface area contributed by atoms with Gasteiger partial charge < -0.3 is 5.32 Å². The highest BCUT2D eigenvalue weighted by atomic mass is 19.4. The number of amides is 1. The molecule has 152 valence electrons. The number of alkyl halides is 3. The molecule has 0 aromatic heterocycles. The highest BCUT2D eigenvalue weighted by Gasteiger charge is 2.31. The summed E-state index contributed by atoms with van der Waals surface area (Å²) in [6, 6.07) is 9.34. The monoisotopic (exact) mass is 409 g/mol. The van der Waals surface area contributed by atoms with E-state index in [9.17, 15) is 18.0 Å². The summed E-state index contributed by atoms with van der Waals surface area (Å²) in [5.41, 5.74) is 2.58. The van der Waals surface area contributed by atoms with Crippen LogP contribution in [0, 0.1) is 12.3 Å². The molecule has 0 fully saturated rings. The maximum Gasteiger partial charge on any atom is 0.416 e. The number of nitrogens with zero attached hydrogens (tertiary/aromatic N) is 1. The van der Waals surface area contributed by atoms with Crippen molar-refractivity contribution in [3.8, 4) is 0 Å². The number of aliphatic imine (C=N–C) groups is 1. The van der Waals surface area contributed by atoms with Gasteiger partial charge in [-0.25, -0.2) is 4.99 Å². The molecule has 1 aliphatic rings. The lowest BCUT2D eigenvalue weighted by molar-refractivity contribution is -0.137. The van der Waals surface area contributed by atoms with Crippen LogP contribution in [-0.4, -0.2) is 17.3 Å². The van der Waals surface area contributed by atoms with Crippen molar-refractivity contribution in [1.82, 2.24) is 0 Å². The minimum Gasteiger partial charge on any atom is -0.322 e. The second kappa shape index (κ2) is 7.94. The third-order valence-corrected chi connectivity index (χ3v) is 4.55. The molecule has 0 saturated carbocycles. The van der Waals surface area contributed by atoms with Crippen molar-refractivity contribution in [3.05, 3.63) is 95.6 Å². The van der Waals surface area contributed by atoms with Gasteiger partial charge in [0.05, 0.1) is 22.7 Å². The van der Waals surface area contributed by atoms with Gasteiger partial charge in [0.2, 0.25) is 0 Å². The Morgan fingerprint density at radius 3 is 2.60 bits per heavy atom. The Balaban J connectivity index is 1.91. The van der Waals surface area contributed by atoms with Gasteiger partial charge in [0, 0.05) is 16.8 Å². The second-order valence-corrected chi connectivity index (χ2v) is 6.69. The summed E-state index contributed by atoms with van der Waals surface area (Å²) >= 11 is 0. The van der Waals surface area contributed by atoms with Crippen LogP contribution in [0.4, 0.5) is 18.9 Å². The SMILES string of the molecule is C=CC1=NC(c2cc(NC(=O)c3cccc(C(F)(F)F)c3)ccc2C)=CC(=C)C1=N. The van der Waals surface area contributed by atoms with E-state index in [0.29, 0.717) is 28.2 Å². The summed E-state index contributed by atoms with van der Waals surface area (Å²) in [5, 5.41) is 10.6. The molecule has 2 aromatic carbocycles. The van der Waals surface area contributed by atoms with Crippen molar-refractivity contribution in [2.24, 2.45) is 4.99 Å². The van der Waals surface area contributed by atoms with Gasteiger partial charge in [-0.15, -0.1) is 0 Å². The predicted octanol–water partition coefficient (Wildman–Crippen LogP) is 5.82. The Hall–Kier alpha value is -3.74. The number of aryl methyl sites for hydroxylation is 1. The molecule has 0 bridgehead atoms. The molecule has 2 N–H and O–H groups in total. The number of hydrogen-bond donors (Lipinski definition) is 2. The van der Waals surface area contributed by atoms with Crippen molar-refractivity contribution < 1.29 is 18.0 Å². The molecule has 0 atom stereocenters. The summed E-state index contributed by atoms with van der Waals surface area (Å²) in [6.45, 7) is 9.37. The first-order chi connectivity index (χ1) is 14.1. The number of halogens is 3. The first-order valence-corrected chi connectivity index (χ1v) is 8.91. The van der Waals surface area contributed by atoms with Crippen molar-refractivity contribution in [2.75, 3.05) is 5.32 Å². The van der Waals surface area contributed by atoms with Gasteiger partial charge in [0.15, 0.2) is 0 Å². The number of nitrogens with one attached hydrogen (secondary N) is 2. The summed E-state index contributed by atoms with van der Waals surface area (Å²) < 4.78 is 38.7. The quantitative estimate of drug-likeness (QED) is 0.656. The predicted molar refractivity (Wildman–Crippen MR) is 113 cm³/mol. The smallest absolute Gasteiger partial charge is 0.322 e. The number of anilines is 1. The molecular formula is C23H18F3N3O. The maximum atomic E-state index is 12.9. The number of hydrogen-bond acceptors (Lipinski definition) is 3. The van der Waals surface area contributed by atoms with Crippen molar-refractivity contribution in [2.45, 2.75) is 13.1 Å². The zero-order chi connectivity index (χ0) is 22.1. The summed E-state index contributed by atoms with van der Waals surface area (Å²) in [6.07, 6.45) is -1.40. The summed E-state index contributed by atoms with van der Waals surface area (Å²) in [4.78, 5) is 16.9. The number of benzene rings is 2. The van der Waals surface area contributed by atoms with Gasteiger partial charge in [0.25, 0.3) is 5.91 Å². The van der Waals surface area contributed by atoms with Crippen LogP contribution in [0.3, 0.4) is 0 Å². The Morgan fingerprint density at radius 2 is 1.93 bits per heavy atom. The molecule has 7 heteroatoms. The topological polar surface area (TPSA) is 65.3 Å². The van der Waals surface area contributed by atoms with E-state index in [1.165, 1.54) is 18.2 Å². The molecular weight excluding hydrogens is 391 g/mol. The third-order valence-electron chi connectivity index (χ3n) is 4.55. The first kappa shape index (κ1) is 21.0. The molecule has 0 spiro atoms. The number of carbonyl (C=O) groups excluding carboxylic acids is 1. The van der Waals surface area contributed by atoms with Crippen LogP contribution in [-0.2, 0) is 6.18 Å². The van der Waals surface area contributed by atoms with E-state index in [1.807, 2.05) is 6.92 Å². The average molecular weight is 409 g/mol. The lowest BCUT2D eigenvalue weighted by atomic mass is 9.97. The largest absolute Gasteiger partial charge is 0.416 e. The summed E-state index contributed by atoms with van der Waals surface area (Å²) in [7, 11) is 0. The van der Waals surface area contributed by atoms with E-state index in [-0.39, 0.29) is 11.3 Å². The molecule has 30 heavy (non-hydrogen) atoms. The van der Waals surface area contributed by atoms with Crippen LogP contribution < -0.4 is 5.32 Å². The van der Waals surface area contributed by atoms with Gasteiger partial charge in [0.1, 0.15) is 0 Å². The Kier molecular flexibility index (Phi) is 5.56.